The summed E-state index contributed by atoms with van der Waals surface area (Å²) in [5.74, 6) is 0. The Morgan fingerprint density at radius 2 is 1.92 bits per heavy atom. The van der Waals surface area contributed by atoms with E-state index in [2.05, 4.69) is 35.0 Å². The van der Waals surface area contributed by atoms with E-state index in [1.807, 2.05) is 18.2 Å². The highest BCUT2D eigenvalue weighted by Gasteiger charge is 1.99. The van der Waals surface area contributed by atoms with Gasteiger partial charge in [-0.2, -0.15) is 0 Å². The third-order valence-electron chi connectivity index (χ3n) is 2.09. The van der Waals surface area contributed by atoms with Gasteiger partial charge < -0.3 is 0 Å². The molecular weight excluding hydrogens is 247 g/mol. The molecule has 2 rings (SSSR count). The molecule has 0 amide bonds. The van der Waals surface area contributed by atoms with E-state index < -0.39 is 0 Å². The molecule has 0 heterocycles. The van der Waals surface area contributed by atoms with Crippen molar-refractivity contribution in [2.45, 2.75) is 6.92 Å². The van der Waals surface area contributed by atoms with Crippen molar-refractivity contribution in [3.8, 4) is 0 Å². The van der Waals surface area contributed by atoms with Gasteiger partial charge in [-0.25, -0.2) is 0 Å². The molecule has 0 fully saturated rings. The Morgan fingerprint density at radius 1 is 1.15 bits per heavy atom. The highest BCUT2D eigenvalue weighted by molar-refractivity contribution is 9.10. The maximum atomic E-state index is 5.95. The van der Waals surface area contributed by atoms with E-state index in [-0.39, 0.29) is 0 Å². The van der Waals surface area contributed by atoms with Crippen LogP contribution in [0.5, 0.6) is 0 Å². The number of rotatable bonds is 0. The Kier molecular flexibility index (Phi) is 2.31. The zero-order chi connectivity index (χ0) is 9.42. The molecule has 0 saturated heterocycles. The maximum absolute atomic E-state index is 5.95. The fourth-order valence-electron chi connectivity index (χ4n) is 1.47. The first-order valence-corrected chi connectivity index (χ1v) is 5.19. The molecule has 0 radical (unpaired) electrons. The molecule has 0 saturated carbocycles. The zero-order valence-corrected chi connectivity index (χ0v) is 9.48. The largest absolute Gasteiger partial charge is 0.0843 e. The zero-order valence-electron chi connectivity index (χ0n) is 7.14. The molecule has 0 bridgehead atoms. The van der Waals surface area contributed by atoms with E-state index in [4.69, 9.17) is 11.6 Å². The Labute approximate surface area is 90.6 Å². The van der Waals surface area contributed by atoms with Crippen molar-refractivity contribution < 1.29 is 0 Å². The van der Waals surface area contributed by atoms with Crippen molar-refractivity contribution >= 4 is 38.3 Å². The van der Waals surface area contributed by atoms with E-state index in [0.717, 1.165) is 9.50 Å². The number of aryl methyl sites for hydroxylation is 1. The maximum Gasteiger partial charge on any atom is 0.0415 e. The van der Waals surface area contributed by atoms with Crippen LogP contribution in [0.1, 0.15) is 5.56 Å². The fourth-order valence-corrected chi connectivity index (χ4v) is 2.11. The molecule has 0 aliphatic rings. The SMILES string of the molecule is Cc1cc(Cl)cc2ccc(Br)cc12. The number of hydrogen-bond acceptors (Lipinski definition) is 0. The quantitative estimate of drug-likeness (QED) is 0.647. The van der Waals surface area contributed by atoms with E-state index in [1.165, 1.54) is 16.3 Å². The predicted molar refractivity (Wildman–Crippen MR) is 61.4 cm³/mol. The van der Waals surface area contributed by atoms with E-state index >= 15 is 0 Å². The van der Waals surface area contributed by atoms with Gasteiger partial charge in [0.1, 0.15) is 0 Å². The van der Waals surface area contributed by atoms with Crippen LogP contribution in [-0.4, -0.2) is 0 Å². The summed E-state index contributed by atoms with van der Waals surface area (Å²) in [4.78, 5) is 0. The summed E-state index contributed by atoms with van der Waals surface area (Å²) < 4.78 is 1.10. The monoisotopic (exact) mass is 254 g/mol. The van der Waals surface area contributed by atoms with Crippen molar-refractivity contribution in [2.75, 3.05) is 0 Å². The highest BCUT2D eigenvalue weighted by Crippen LogP contribution is 2.26. The van der Waals surface area contributed by atoms with Gasteiger partial charge in [-0.05, 0) is 47.5 Å². The minimum atomic E-state index is 0.798. The van der Waals surface area contributed by atoms with Gasteiger partial charge in [0.2, 0.25) is 0 Å². The highest BCUT2D eigenvalue weighted by atomic mass is 79.9. The lowest BCUT2D eigenvalue weighted by molar-refractivity contribution is 1.52. The van der Waals surface area contributed by atoms with Gasteiger partial charge in [-0.15, -0.1) is 0 Å². The molecule has 2 aromatic rings. The van der Waals surface area contributed by atoms with Crippen molar-refractivity contribution in [1.29, 1.82) is 0 Å². The summed E-state index contributed by atoms with van der Waals surface area (Å²) in [6, 6.07) is 10.2. The molecule has 0 atom stereocenters. The van der Waals surface area contributed by atoms with Crippen molar-refractivity contribution in [3.63, 3.8) is 0 Å². The number of fused-ring (bicyclic) bond motifs is 1. The van der Waals surface area contributed by atoms with Crippen LogP contribution in [0.25, 0.3) is 10.8 Å². The van der Waals surface area contributed by atoms with Gasteiger partial charge in [0.15, 0.2) is 0 Å². The molecule has 2 heteroatoms. The average molecular weight is 256 g/mol. The third-order valence-corrected chi connectivity index (χ3v) is 2.80. The molecule has 0 nitrogen and oxygen atoms in total. The lowest BCUT2D eigenvalue weighted by atomic mass is 10.1. The lowest BCUT2D eigenvalue weighted by Gasteiger charge is -2.03. The molecular formula is C11H8BrCl. The summed E-state index contributed by atoms with van der Waals surface area (Å²) in [6.07, 6.45) is 0. The van der Waals surface area contributed by atoms with E-state index in [0.29, 0.717) is 0 Å². The molecule has 0 unspecified atom stereocenters. The molecule has 0 aromatic heterocycles. The summed E-state index contributed by atoms with van der Waals surface area (Å²) >= 11 is 9.40. The molecule has 2 aromatic carbocycles. The first-order valence-electron chi connectivity index (χ1n) is 4.02. The van der Waals surface area contributed by atoms with Crippen LogP contribution in [0.2, 0.25) is 5.02 Å². The first kappa shape index (κ1) is 9.04. The van der Waals surface area contributed by atoms with Gasteiger partial charge in [-0.1, -0.05) is 33.6 Å². The Balaban J connectivity index is 2.87. The predicted octanol–water partition coefficient (Wildman–Crippen LogP) is 4.56. The van der Waals surface area contributed by atoms with Gasteiger partial charge in [0.25, 0.3) is 0 Å². The standard InChI is InChI=1S/C11H8BrCl/c1-7-4-10(13)5-8-2-3-9(12)6-11(7)8/h2-6H,1H3. The second-order valence-electron chi connectivity index (χ2n) is 3.09. The molecule has 0 aliphatic heterocycles. The van der Waals surface area contributed by atoms with Gasteiger partial charge >= 0.3 is 0 Å². The second kappa shape index (κ2) is 3.32. The Morgan fingerprint density at radius 3 is 2.69 bits per heavy atom. The molecule has 0 N–H and O–H groups in total. The molecule has 0 spiro atoms. The van der Waals surface area contributed by atoms with Gasteiger partial charge in [0, 0.05) is 9.50 Å². The summed E-state index contributed by atoms with van der Waals surface area (Å²) in [5.41, 5.74) is 1.21. The van der Waals surface area contributed by atoms with Crippen LogP contribution in [0.4, 0.5) is 0 Å². The molecule has 0 aliphatic carbocycles. The number of benzene rings is 2. The van der Waals surface area contributed by atoms with E-state index in [9.17, 15) is 0 Å². The van der Waals surface area contributed by atoms with Crippen LogP contribution in [0.3, 0.4) is 0 Å². The third kappa shape index (κ3) is 1.72. The van der Waals surface area contributed by atoms with Gasteiger partial charge in [0.05, 0.1) is 0 Å². The van der Waals surface area contributed by atoms with Gasteiger partial charge in [-0.3, -0.25) is 0 Å². The Hall–Kier alpha value is -0.530. The normalized spacial score (nSPS) is 10.7. The van der Waals surface area contributed by atoms with Crippen LogP contribution in [0.15, 0.2) is 34.8 Å². The van der Waals surface area contributed by atoms with Crippen molar-refractivity contribution in [3.05, 3.63) is 45.4 Å². The van der Waals surface area contributed by atoms with Crippen LogP contribution >= 0.6 is 27.5 Å². The minimum Gasteiger partial charge on any atom is -0.0843 e. The smallest absolute Gasteiger partial charge is 0.0415 e. The van der Waals surface area contributed by atoms with Crippen LogP contribution in [-0.2, 0) is 0 Å². The van der Waals surface area contributed by atoms with E-state index in [1.54, 1.807) is 0 Å². The Bertz CT molecular complexity index is 463. The lowest BCUT2D eigenvalue weighted by Crippen LogP contribution is -1.78. The second-order valence-corrected chi connectivity index (χ2v) is 4.44. The number of hydrogen-bond donors (Lipinski definition) is 0. The van der Waals surface area contributed by atoms with Crippen LogP contribution in [0, 0.1) is 6.92 Å². The van der Waals surface area contributed by atoms with Crippen molar-refractivity contribution in [2.24, 2.45) is 0 Å². The van der Waals surface area contributed by atoms with Crippen molar-refractivity contribution in [1.82, 2.24) is 0 Å². The number of halogens is 2. The fraction of sp³-hybridized carbons (Fsp3) is 0.0909. The summed E-state index contributed by atoms with van der Waals surface area (Å²) in [5, 5.41) is 3.24. The topological polar surface area (TPSA) is 0 Å². The first-order chi connectivity index (χ1) is 6.16. The summed E-state index contributed by atoms with van der Waals surface area (Å²) in [6.45, 7) is 2.07. The van der Waals surface area contributed by atoms with Crippen LogP contribution < -0.4 is 0 Å². The summed E-state index contributed by atoms with van der Waals surface area (Å²) in [7, 11) is 0. The minimum absolute atomic E-state index is 0.798. The molecule has 66 valence electrons. The average Bonchev–Trinajstić information content (AvgIpc) is 2.06. The molecule has 13 heavy (non-hydrogen) atoms.